The molecule has 8 nitrogen and oxygen atoms in total. The third-order valence-corrected chi connectivity index (χ3v) is 6.59. The van der Waals surface area contributed by atoms with E-state index in [0.29, 0.717) is 45.9 Å². The number of fused-ring (bicyclic) bond motifs is 2. The minimum absolute atomic E-state index is 0.325. The second-order valence-electron chi connectivity index (χ2n) is 7.45. The van der Waals surface area contributed by atoms with Crippen LogP contribution in [0.5, 0.6) is 11.5 Å². The number of carbonyl (C=O) groups is 1. The van der Waals surface area contributed by atoms with Crippen molar-refractivity contribution >= 4 is 27.5 Å². The van der Waals surface area contributed by atoms with Crippen molar-refractivity contribution in [1.29, 1.82) is 0 Å². The van der Waals surface area contributed by atoms with Crippen molar-refractivity contribution in [2.24, 2.45) is 0 Å². The predicted molar refractivity (Wildman–Crippen MR) is 115 cm³/mol. The first-order valence-electron chi connectivity index (χ1n) is 9.62. The fraction of sp³-hybridized carbons (Fsp3) is 0.381. The smallest absolute Gasteiger partial charge is 0.256 e. The van der Waals surface area contributed by atoms with Crippen LogP contribution in [0.4, 0.5) is 5.69 Å². The molecule has 0 bridgehead atoms. The van der Waals surface area contributed by atoms with E-state index in [4.69, 9.17) is 9.47 Å². The number of nitrogens with zero attached hydrogens (tertiary/aromatic N) is 2. The van der Waals surface area contributed by atoms with Crippen LogP contribution in [-0.2, 0) is 10.3 Å². The molecule has 0 aromatic heterocycles. The van der Waals surface area contributed by atoms with Gasteiger partial charge < -0.3 is 14.8 Å². The van der Waals surface area contributed by atoms with Gasteiger partial charge in [-0.25, -0.2) is 0 Å². The molecule has 2 aromatic carbocycles. The van der Waals surface area contributed by atoms with Crippen LogP contribution in [0.15, 0.2) is 40.9 Å². The van der Waals surface area contributed by atoms with E-state index in [1.807, 2.05) is 13.0 Å². The number of rotatable bonds is 5. The minimum Gasteiger partial charge on any atom is -0.492 e. The largest absolute Gasteiger partial charge is 0.492 e. The summed E-state index contributed by atoms with van der Waals surface area (Å²) in [6.45, 7) is 2.63. The monoisotopic (exact) mass is 475 g/mol. The second kappa shape index (κ2) is 7.55. The van der Waals surface area contributed by atoms with Gasteiger partial charge in [0, 0.05) is 22.7 Å². The average molecular weight is 476 g/mol. The lowest BCUT2D eigenvalue weighted by Gasteiger charge is -2.30. The van der Waals surface area contributed by atoms with Crippen LogP contribution < -0.4 is 14.8 Å². The van der Waals surface area contributed by atoms with Gasteiger partial charge in [0.05, 0.1) is 24.1 Å². The van der Waals surface area contributed by atoms with Gasteiger partial charge in [-0.15, -0.1) is 0 Å². The fourth-order valence-electron chi connectivity index (χ4n) is 4.84. The Morgan fingerprint density at radius 1 is 1.37 bits per heavy atom. The number of anilines is 1. The molecule has 1 fully saturated rings. The van der Waals surface area contributed by atoms with Crippen molar-refractivity contribution in [3.05, 3.63) is 62.1 Å². The molecular weight excluding hydrogens is 454 g/mol. The molecule has 1 spiro atoms. The summed E-state index contributed by atoms with van der Waals surface area (Å²) in [4.78, 5) is 27.1. The highest BCUT2D eigenvalue weighted by molar-refractivity contribution is 9.10. The Hall–Kier alpha value is -2.65. The molecule has 2 heterocycles. The lowest BCUT2D eigenvalue weighted by molar-refractivity contribution is -0.534. The summed E-state index contributed by atoms with van der Waals surface area (Å²) >= 11 is 3.49. The maximum Gasteiger partial charge on any atom is 0.256 e. The summed E-state index contributed by atoms with van der Waals surface area (Å²) in [7, 11) is 3.31. The molecule has 2 aliphatic heterocycles. The SMILES string of the molecule is CCOc1cc([C@@H]2CN(C)[C@@]3(C(=O)Nc4ccccc43)[C@H]2[N+](=O)[O-])cc(Br)c1OC. The topological polar surface area (TPSA) is 93.9 Å². The number of methoxy groups -OCH3 is 1. The highest BCUT2D eigenvalue weighted by Gasteiger charge is 2.68. The number of benzene rings is 2. The normalized spacial score (nSPS) is 25.3. The summed E-state index contributed by atoms with van der Waals surface area (Å²) < 4.78 is 11.8. The van der Waals surface area contributed by atoms with Crippen molar-refractivity contribution < 1.29 is 19.2 Å². The lowest BCUT2D eigenvalue weighted by atomic mass is 9.79. The molecule has 0 saturated carbocycles. The number of hydrogen-bond acceptors (Lipinski definition) is 6. The lowest BCUT2D eigenvalue weighted by Crippen LogP contribution is -2.54. The summed E-state index contributed by atoms with van der Waals surface area (Å²) in [5, 5.41) is 15.2. The van der Waals surface area contributed by atoms with E-state index in [1.165, 1.54) is 0 Å². The average Bonchev–Trinajstić information content (AvgIpc) is 3.18. The third-order valence-electron chi connectivity index (χ3n) is 6.00. The first kappa shape index (κ1) is 20.6. The Morgan fingerprint density at radius 2 is 2.10 bits per heavy atom. The van der Waals surface area contributed by atoms with E-state index >= 15 is 0 Å². The zero-order valence-electron chi connectivity index (χ0n) is 16.8. The first-order chi connectivity index (χ1) is 14.4. The number of nitrogens with one attached hydrogen (secondary N) is 1. The molecule has 1 N–H and O–H groups in total. The number of likely N-dealkylation sites (N-methyl/N-ethyl adjacent to an activating group) is 1. The van der Waals surface area contributed by atoms with Gasteiger partial charge in [-0.05, 0) is 53.7 Å². The molecule has 2 aromatic rings. The zero-order chi connectivity index (χ0) is 21.6. The maximum atomic E-state index is 13.2. The van der Waals surface area contributed by atoms with Gasteiger partial charge in [0.25, 0.3) is 11.9 Å². The van der Waals surface area contributed by atoms with Crippen LogP contribution in [0.1, 0.15) is 24.0 Å². The maximum absolute atomic E-state index is 13.2. The standard InChI is InChI=1S/C21H22BrN3O5/c1-4-30-17-10-12(9-15(22)18(17)29-3)13-11-24(2)21(19(13)25(27)28)14-7-5-6-8-16(14)23-20(21)26/h5-10,13,19H,4,11H2,1-3H3,(H,23,26)/t13-,19-,21+/m0/s1. The molecule has 1 saturated heterocycles. The number of ether oxygens (including phenoxy) is 2. The Bertz CT molecular complexity index is 1030. The Labute approximate surface area is 182 Å². The Balaban J connectivity index is 1.88. The van der Waals surface area contributed by atoms with Gasteiger partial charge in [-0.1, -0.05) is 18.2 Å². The van der Waals surface area contributed by atoms with Gasteiger partial charge >= 0.3 is 0 Å². The number of para-hydroxylation sites is 1. The van der Waals surface area contributed by atoms with Crippen molar-refractivity contribution in [2.75, 3.05) is 32.6 Å². The quantitative estimate of drug-likeness (QED) is 0.526. The van der Waals surface area contributed by atoms with E-state index in [-0.39, 0.29) is 10.8 Å². The number of halogens is 1. The van der Waals surface area contributed by atoms with Gasteiger partial charge in [-0.3, -0.25) is 19.8 Å². The molecule has 9 heteroatoms. The summed E-state index contributed by atoms with van der Waals surface area (Å²) in [5.41, 5.74) is 0.601. The van der Waals surface area contributed by atoms with Crippen molar-refractivity contribution in [3.8, 4) is 11.5 Å². The van der Waals surface area contributed by atoms with E-state index in [0.717, 1.165) is 0 Å². The molecule has 0 radical (unpaired) electrons. The molecule has 4 rings (SSSR count). The molecule has 3 atom stereocenters. The van der Waals surface area contributed by atoms with E-state index in [9.17, 15) is 14.9 Å². The van der Waals surface area contributed by atoms with Gasteiger partial charge in [0.15, 0.2) is 17.0 Å². The molecule has 2 aliphatic rings. The number of carbonyl (C=O) groups excluding carboxylic acids is 1. The van der Waals surface area contributed by atoms with Gasteiger partial charge in [0.1, 0.15) is 0 Å². The number of hydrogen-bond donors (Lipinski definition) is 1. The summed E-state index contributed by atoms with van der Waals surface area (Å²) in [5.74, 6) is 0.144. The molecule has 0 unspecified atom stereocenters. The molecule has 158 valence electrons. The molecule has 1 amide bonds. The summed E-state index contributed by atoms with van der Waals surface area (Å²) in [6.07, 6.45) is 0. The fourth-order valence-corrected chi connectivity index (χ4v) is 5.46. The molecule has 30 heavy (non-hydrogen) atoms. The highest BCUT2D eigenvalue weighted by atomic mass is 79.9. The van der Waals surface area contributed by atoms with Crippen LogP contribution in [-0.4, -0.2) is 49.1 Å². The van der Waals surface area contributed by atoms with Crippen LogP contribution in [0.2, 0.25) is 0 Å². The molecular formula is C21H22BrN3O5. The van der Waals surface area contributed by atoms with Crippen molar-refractivity contribution in [2.45, 2.75) is 24.4 Å². The number of nitro groups is 1. The first-order valence-corrected chi connectivity index (χ1v) is 10.4. The Kier molecular flexibility index (Phi) is 5.19. The molecule has 0 aliphatic carbocycles. The van der Waals surface area contributed by atoms with E-state index in [2.05, 4.69) is 21.2 Å². The van der Waals surface area contributed by atoms with E-state index in [1.54, 1.807) is 49.4 Å². The second-order valence-corrected chi connectivity index (χ2v) is 8.30. The van der Waals surface area contributed by atoms with Crippen LogP contribution >= 0.6 is 15.9 Å². The minimum atomic E-state index is -1.37. The number of likely N-dealkylation sites (tertiary alicyclic amines) is 1. The van der Waals surface area contributed by atoms with Crippen LogP contribution in [0, 0.1) is 10.1 Å². The zero-order valence-corrected chi connectivity index (χ0v) is 18.4. The highest BCUT2D eigenvalue weighted by Crippen LogP contribution is 2.53. The van der Waals surface area contributed by atoms with Crippen LogP contribution in [0.3, 0.4) is 0 Å². The number of amides is 1. The van der Waals surface area contributed by atoms with Crippen LogP contribution in [0.25, 0.3) is 0 Å². The predicted octanol–water partition coefficient (Wildman–Crippen LogP) is 3.38. The van der Waals surface area contributed by atoms with E-state index < -0.39 is 17.5 Å². The Morgan fingerprint density at radius 3 is 2.77 bits per heavy atom. The third kappa shape index (κ3) is 2.79. The van der Waals surface area contributed by atoms with Gasteiger partial charge in [0.2, 0.25) is 0 Å². The van der Waals surface area contributed by atoms with Gasteiger partial charge in [-0.2, -0.15) is 0 Å². The van der Waals surface area contributed by atoms with Crippen molar-refractivity contribution in [3.63, 3.8) is 0 Å². The van der Waals surface area contributed by atoms with Crippen molar-refractivity contribution in [1.82, 2.24) is 4.90 Å². The summed E-state index contributed by atoms with van der Waals surface area (Å²) in [6, 6.07) is 9.60.